The molecule has 0 aliphatic rings. The SMILES string of the molecule is O=C(O)CNC(=O)Cc1cnsn1. The third kappa shape index (κ3) is 3.61. The lowest BCUT2D eigenvalue weighted by molar-refractivity contribution is -0.137. The first-order valence-corrected chi connectivity index (χ1v) is 4.16. The number of aromatic nitrogens is 2. The number of aliphatic carboxylic acids is 1. The molecule has 0 atom stereocenters. The monoisotopic (exact) mass is 201 g/mol. The molecule has 1 aromatic heterocycles. The summed E-state index contributed by atoms with van der Waals surface area (Å²) in [5.41, 5.74) is 0.549. The molecule has 0 aromatic carbocycles. The van der Waals surface area contributed by atoms with Crippen molar-refractivity contribution in [2.45, 2.75) is 6.42 Å². The Balaban J connectivity index is 2.30. The summed E-state index contributed by atoms with van der Waals surface area (Å²) in [6.07, 6.45) is 1.55. The first-order chi connectivity index (χ1) is 6.18. The summed E-state index contributed by atoms with van der Waals surface area (Å²) < 4.78 is 7.51. The summed E-state index contributed by atoms with van der Waals surface area (Å²) in [6, 6.07) is 0. The zero-order valence-electron chi connectivity index (χ0n) is 6.56. The van der Waals surface area contributed by atoms with Gasteiger partial charge >= 0.3 is 5.97 Å². The smallest absolute Gasteiger partial charge is 0.322 e. The minimum atomic E-state index is -1.07. The molecule has 0 fully saturated rings. The summed E-state index contributed by atoms with van der Waals surface area (Å²) in [6.45, 7) is -0.365. The highest BCUT2D eigenvalue weighted by Crippen LogP contribution is 1.95. The van der Waals surface area contributed by atoms with Gasteiger partial charge in [0.15, 0.2) is 0 Å². The molecule has 0 saturated carbocycles. The van der Waals surface area contributed by atoms with Gasteiger partial charge in [-0.1, -0.05) is 0 Å². The van der Waals surface area contributed by atoms with Crippen LogP contribution in [-0.4, -0.2) is 32.3 Å². The van der Waals surface area contributed by atoms with Crippen LogP contribution in [0.5, 0.6) is 0 Å². The third-order valence-electron chi connectivity index (χ3n) is 1.19. The van der Waals surface area contributed by atoms with Crippen molar-refractivity contribution in [3.8, 4) is 0 Å². The topological polar surface area (TPSA) is 92.2 Å². The summed E-state index contributed by atoms with van der Waals surface area (Å²) in [5, 5.41) is 10.5. The van der Waals surface area contributed by atoms with E-state index in [0.29, 0.717) is 5.69 Å². The van der Waals surface area contributed by atoms with Crippen LogP contribution >= 0.6 is 11.7 Å². The van der Waals surface area contributed by atoms with E-state index in [2.05, 4.69) is 14.1 Å². The van der Waals surface area contributed by atoms with Gasteiger partial charge in [0.2, 0.25) is 5.91 Å². The Morgan fingerprint density at radius 3 is 2.92 bits per heavy atom. The minimum Gasteiger partial charge on any atom is -0.480 e. The fraction of sp³-hybridized carbons (Fsp3) is 0.333. The average Bonchev–Trinajstić information content (AvgIpc) is 2.53. The number of nitrogens with zero attached hydrogens (tertiary/aromatic N) is 2. The lowest BCUT2D eigenvalue weighted by atomic mass is 10.3. The summed E-state index contributed by atoms with van der Waals surface area (Å²) in [7, 11) is 0. The highest BCUT2D eigenvalue weighted by Gasteiger charge is 2.06. The van der Waals surface area contributed by atoms with E-state index in [0.717, 1.165) is 11.7 Å². The van der Waals surface area contributed by atoms with Crippen molar-refractivity contribution >= 4 is 23.6 Å². The molecule has 0 aliphatic heterocycles. The Morgan fingerprint density at radius 2 is 2.38 bits per heavy atom. The largest absolute Gasteiger partial charge is 0.480 e. The number of nitrogens with one attached hydrogen (secondary N) is 1. The zero-order valence-corrected chi connectivity index (χ0v) is 7.37. The number of carbonyl (C=O) groups excluding carboxylic acids is 1. The second kappa shape index (κ2) is 4.51. The standard InChI is InChI=1S/C6H7N3O3S/c10-5(7-3-6(11)12)1-4-2-8-13-9-4/h2H,1,3H2,(H,7,10)(H,11,12). The number of carbonyl (C=O) groups is 2. The fourth-order valence-corrected chi connectivity index (χ4v) is 1.10. The Hall–Kier alpha value is -1.50. The second-order valence-electron chi connectivity index (χ2n) is 2.25. The van der Waals surface area contributed by atoms with Crippen molar-refractivity contribution < 1.29 is 14.7 Å². The van der Waals surface area contributed by atoms with Crippen molar-refractivity contribution in [2.24, 2.45) is 0 Å². The highest BCUT2D eigenvalue weighted by atomic mass is 32.1. The van der Waals surface area contributed by atoms with Gasteiger partial charge in [0, 0.05) is 0 Å². The van der Waals surface area contributed by atoms with Gasteiger partial charge in [0.25, 0.3) is 0 Å². The van der Waals surface area contributed by atoms with E-state index in [1.54, 1.807) is 0 Å². The maximum absolute atomic E-state index is 11.0. The van der Waals surface area contributed by atoms with E-state index >= 15 is 0 Å². The molecule has 6 nitrogen and oxygen atoms in total. The van der Waals surface area contributed by atoms with E-state index in [1.165, 1.54) is 6.20 Å². The summed E-state index contributed by atoms with van der Waals surface area (Å²) in [4.78, 5) is 21.0. The molecule has 0 radical (unpaired) electrons. The van der Waals surface area contributed by atoms with Crippen molar-refractivity contribution in [3.05, 3.63) is 11.9 Å². The second-order valence-corrected chi connectivity index (χ2v) is 2.80. The molecule has 2 N–H and O–H groups in total. The molecule has 0 saturated heterocycles. The number of hydrogen-bond donors (Lipinski definition) is 2. The van der Waals surface area contributed by atoms with Crippen LogP contribution in [0.3, 0.4) is 0 Å². The van der Waals surface area contributed by atoms with Gasteiger partial charge in [-0.2, -0.15) is 8.75 Å². The van der Waals surface area contributed by atoms with Crippen LogP contribution in [0.1, 0.15) is 5.69 Å². The van der Waals surface area contributed by atoms with Crippen LogP contribution in [0.4, 0.5) is 0 Å². The van der Waals surface area contributed by atoms with Gasteiger partial charge < -0.3 is 10.4 Å². The van der Waals surface area contributed by atoms with Gasteiger partial charge in [-0.05, 0) is 0 Å². The molecule has 1 aromatic rings. The molecule has 13 heavy (non-hydrogen) atoms. The maximum atomic E-state index is 11.0. The normalized spacial score (nSPS) is 9.54. The van der Waals surface area contributed by atoms with Crippen LogP contribution < -0.4 is 5.32 Å². The first-order valence-electron chi connectivity index (χ1n) is 3.43. The van der Waals surface area contributed by atoms with Crippen LogP contribution in [-0.2, 0) is 16.0 Å². The molecule has 1 heterocycles. The third-order valence-corrected chi connectivity index (χ3v) is 1.70. The lowest BCUT2D eigenvalue weighted by Crippen LogP contribution is -2.30. The van der Waals surface area contributed by atoms with Crippen molar-refractivity contribution in [1.29, 1.82) is 0 Å². The molecule has 7 heteroatoms. The van der Waals surface area contributed by atoms with Crippen LogP contribution in [0, 0.1) is 0 Å². The van der Waals surface area contributed by atoms with Crippen molar-refractivity contribution in [3.63, 3.8) is 0 Å². The molecule has 1 rings (SSSR count). The fourth-order valence-electron chi connectivity index (χ4n) is 0.663. The number of carboxylic acids is 1. The van der Waals surface area contributed by atoms with Crippen molar-refractivity contribution in [1.82, 2.24) is 14.1 Å². The predicted octanol–water partition coefficient (Wildman–Crippen LogP) is -0.719. The van der Waals surface area contributed by atoms with E-state index in [4.69, 9.17) is 5.11 Å². The lowest BCUT2D eigenvalue weighted by Gasteiger charge is -1.98. The van der Waals surface area contributed by atoms with Gasteiger partial charge in [0.1, 0.15) is 6.54 Å². The molecular formula is C6H7N3O3S. The molecule has 0 unspecified atom stereocenters. The van der Waals surface area contributed by atoms with Gasteiger partial charge in [-0.15, -0.1) is 0 Å². The molecule has 0 bridgehead atoms. The Labute approximate surface area is 77.9 Å². The van der Waals surface area contributed by atoms with Gasteiger partial charge in [-0.25, -0.2) is 0 Å². The molecule has 0 aliphatic carbocycles. The molecule has 0 spiro atoms. The average molecular weight is 201 g/mol. The van der Waals surface area contributed by atoms with Crippen LogP contribution in [0.25, 0.3) is 0 Å². The van der Waals surface area contributed by atoms with Crippen molar-refractivity contribution in [2.75, 3.05) is 6.54 Å². The van der Waals surface area contributed by atoms with Gasteiger partial charge in [0.05, 0.1) is 30.0 Å². The number of amides is 1. The minimum absolute atomic E-state index is 0.0732. The number of rotatable bonds is 4. The highest BCUT2D eigenvalue weighted by molar-refractivity contribution is 6.99. The maximum Gasteiger partial charge on any atom is 0.322 e. The molecular weight excluding hydrogens is 194 g/mol. The van der Waals surface area contributed by atoms with Gasteiger partial charge in [-0.3, -0.25) is 9.59 Å². The number of hydrogen-bond acceptors (Lipinski definition) is 5. The first kappa shape index (κ1) is 9.59. The molecule has 70 valence electrons. The Bertz CT molecular complexity index is 298. The van der Waals surface area contributed by atoms with E-state index in [1.807, 2.05) is 0 Å². The predicted molar refractivity (Wildman–Crippen MR) is 44.3 cm³/mol. The van der Waals surface area contributed by atoms with E-state index in [9.17, 15) is 9.59 Å². The Morgan fingerprint density at radius 1 is 1.62 bits per heavy atom. The molecule has 1 amide bonds. The van der Waals surface area contributed by atoms with E-state index in [-0.39, 0.29) is 18.9 Å². The van der Waals surface area contributed by atoms with Crippen LogP contribution in [0.15, 0.2) is 6.20 Å². The summed E-state index contributed by atoms with van der Waals surface area (Å²) in [5.74, 6) is -1.43. The van der Waals surface area contributed by atoms with Crippen LogP contribution in [0.2, 0.25) is 0 Å². The Kier molecular flexibility index (Phi) is 3.32. The summed E-state index contributed by atoms with van der Waals surface area (Å²) >= 11 is 1.01. The number of carboxylic acid groups (broad SMARTS) is 1. The zero-order chi connectivity index (χ0) is 9.68. The quantitative estimate of drug-likeness (QED) is 0.670. The van der Waals surface area contributed by atoms with E-state index < -0.39 is 5.97 Å².